The van der Waals surface area contributed by atoms with Gasteiger partial charge >= 0.3 is 0 Å². The number of piperidine rings is 1. The Hall–Kier alpha value is -1.89. The van der Waals surface area contributed by atoms with Gasteiger partial charge in [-0.1, -0.05) is 50.6 Å². The number of rotatable bonds is 4. The maximum atomic E-state index is 13.0. The van der Waals surface area contributed by atoms with Gasteiger partial charge in [-0.05, 0) is 60.6 Å². The summed E-state index contributed by atoms with van der Waals surface area (Å²) >= 11 is 6.20. The molecule has 1 aliphatic heterocycles. The zero-order chi connectivity index (χ0) is 22.1. The summed E-state index contributed by atoms with van der Waals surface area (Å²) in [5, 5.41) is 3.38. The normalized spacial score (nSPS) is 16.4. The van der Waals surface area contributed by atoms with E-state index >= 15 is 0 Å². The molecular weight excluding hydrogens is 420 g/mol. The Labute approximate surface area is 184 Å². The van der Waals surface area contributed by atoms with Crippen LogP contribution in [0, 0.1) is 12.8 Å². The maximum Gasteiger partial charge on any atom is 0.243 e. The Bertz CT molecular complexity index is 1020. The molecule has 0 saturated carbocycles. The molecule has 1 N–H and O–H groups in total. The predicted molar refractivity (Wildman–Crippen MR) is 121 cm³/mol. The third-order valence-electron chi connectivity index (χ3n) is 5.57. The summed E-state index contributed by atoms with van der Waals surface area (Å²) in [6.45, 7) is 8.86. The van der Waals surface area contributed by atoms with Crippen LogP contribution in [0.2, 0.25) is 5.02 Å². The lowest BCUT2D eigenvalue weighted by molar-refractivity contribution is -0.120. The minimum Gasteiger partial charge on any atom is -0.325 e. The van der Waals surface area contributed by atoms with E-state index < -0.39 is 10.0 Å². The van der Waals surface area contributed by atoms with Crippen molar-refractivity contribution in [3.8, 4) is 0 Å². The summed E-state index contributed by atoms with van der Waals surface area (Å²) in [5.74, 6) is -0.357. The Morgan fingerprint density at radius 3 is 2.20 bits per heavy atom. The van der Waals surface area contributed by atoms with Crippen LogP contribution in [-0.4, -0.2) is 31.7 Å². The van der Waals surface area contributed by atoms with Gasteiger partial charge in [0.2, 0.25) is 15.9 Å². The number of nitrogens with zero attached hydrogens (tertiary/aromatic N) is 1. The average Bonchev–Trinajstić information content (AvgIpc) is 2.69. The minimum atomic E-state index is -3.56. The molecule has 7 heteroatoms. The predicted octanol–water partition coefficient (Wildman–Crippen LogP) is 4.99. The van der Waals surface area contributed by atoms with E-state index in [4.69, 9.17) is 11.6 Å². The fraction of sp³-hybridized carbons (Fsp3) is 0.435. The van der Waals surface area contributed by atoms with Crippen molar-refractivity contribution in [3.05, 3.63) is 58.6 Å². The molecule has 0 bridgehead atoms. The van der Waals surface area contributed by atoms with Gasteiger partial charge in [-0.3, -0.25) is 4.79 Å². The maximum absolute atomic E-state index is 13.0. The first-order chi connectivity index (χ1) is 14.0. The molecule has 1 heterocycles. The van der Waals surface area contributed by atoms with E-state index in [2.05, 4.69) is 26.1 Å². The van der Waals surface area contributed by atoms with Crippen molar-refractivity contribution in [3.63, 3.8) is 0 Å². The van der Waals surface area contributed by atoms with Gasteiger partial charge < -0.3 is 5.32 Å². The van der Waals surface area contributed by atoms with Gasteiger partial charge in [0.25, 0.3) is 0 Å². The van der Waals surface area contributed by atoms with Crippen molar-refractivity contribution in [2.75, 3.05) is 18.4 Å². The van der Waals surface area contributed by atoms with Gasteiger partial charge in [0.05, 0.1) is 15.6 Å². The van der Waals surface area contributed by atoms with Crippen LogP contribution in [0.15, 0.2) is 47.4 Å². The van der Waals surface area contributed by atoms with E-state index in [9.17, 15) is 13.2 Å². The monoisotopic (exact) mass is 448 g/mol. The fourth-order valence-electron chi connectivity index (χ4n) is 3.59. The standard InChI is InChI=1S/C23H29ClN2O3S/c1-16-5-10-21(20(24)15-16)25-22(27)17-11-13-26(14-12-17)30(28,29)19-8-6-18(7-9-19)23(2,3)4/h5-10,15,17H,11-14H2,1-4H3,(H,25,27). The zero-order valence-corrected chi connectivity index (χ0v) is 19.5. The van der Waals surface area contributed by atoms with Gasteiger partial charge in [-0.15, -0.1) is 0 Å². The molecule has 162 valence electrons. The molecular formula is C23H29ClN2O3S. The summed E-state index contributed by atoms with van der Waals surface area (Å²) in [7, 11) is -3.56. The summed E-state index contributed by atoms with van der Waals surface area (Å²) in [5.41, 5.74) is 2.66. The molecule has 1 saturated heterocycles. The minimum absolute atomic E-state index is 0.0334. The zero-order valence-electron chi connectivity index (χ0n) is 17.9. The largest absolute Gasteiger partial charge is 0.325 e. The van der Waals surface area contributed by atoms with Crippen LogP contribution in [0.3, 0.4) is 0 Å². The highest BCUT2D eigenvalue weighted by Crippen LogP contribution is 2.29. The van der Waals surface area contributed by atoms with E-state index in [1.807, 2.05) is 25.1 Å². The lowest BCUT2D eigenvalue weighted by Crippen LogP contribution is -2.41. The molecule has 1 fully saturated rings. The number of anilines is 1. The second-order valence-electron chi connectivity index (χ2n) is 8.93. The van der Waals surface area contributed by atoms with Crippen LogP contribution in [0.4, 0.5) is 5.69 Å². The van der Waals surface area contributed by atoms with Crippen LogP contribution in [0.1, 0.15) is 44.7 Å². The SMILES string of the molecule is Cc1ccc(NC(=O)C2CCN(S(=O)(=O)c3ccc(C(C)(C)C)cc3)CC2)c(Cl)c1. The number of nitrogens with one attached hydrogen (secondary N) is 1. The summed E-state index contributed by atoms with van der Waals surface area (Å²) in [4.78, 5) is 12.9. The molecule has 1 amide bonds. The summed E-state index contributed by atoms with van der Waals surface area (Å²) < 4.78 is 27.5. The lowest BCUT2D eigenvalue weighted by Gasteiger charge is -2.30. The average molecular weight is 449 g/mol. The quantitative estimate of drug-likeness (QED) is 0.716. The number of sulfonamides is 1. The van der Waals surface area contributed by atoms with Crippen molar-refractivity contribution < 1.29 is 13.2 Å². The van der Waals surface area contributed by atoms with Crippen LogP contribution in [-0.2, 0) is 20.2 Å². The van der Waals surface area contributed by atoms with Crippen molar-refractivity contribution >= 4 is 33.2 Å². The Morgan fingerprint density at radius 1 is 1.07 bits per heavy atom. The molecule has 30 heavy (non-hydrogen) atoms. The van der Waals surface area contributed by atoms with E-state index in [-0.39, 0.29) is 17.2 Å². The second-order valence-corrected chi connectivity index (χ2v) is 11.3. The first-order valence-electron chi connectivity index (χ1n) is 10.2. The van der Waals surface area contributed by atoms with E-state index in [1.54, 1.807) is 24.3 Å². The molecule has 0 unspecified atom stereocenters. The molecule has 0 aliphatic carbocycles. The number of hydrogen-bond acceptors (Lipinski definition) is 3. The summed E-state index contributed by atoms with van der Waals surface area (Å²) in [6.07, 6.45) is 0.962. The first kappa shape index (κ1) is 22.8. The van der Waals surface area contributed by atoms with Gasteiger partial charge in [0, 0.05) is 19.0 Å². The highest BCUT2D eigenvalue weighted by Gasteiger charge is 2.32. The number of benzene rings is 2. The number of carbonyl (C=O) groups is 1. The van der Waals surface area contributed by atoms with Crippen LogP contribution < -0.4 is 5.32 Å². The molecule has 2 aromatic carbocycles. The third-order valence-corrected chi connectivity index (χ3v) is 7.79. The third kappa shape index (κ3) is 5.05. The number of halogens is 1. The summed E-state index contributed by atoms with van der Waals surface area (Å²) in [6, 6.07) is 12.6. The Balaban J connectivity index is 1.63. The molecule has 0 atom stereocenters. The number of amides is 1. The molecule has 0 spiro atoms. The van der Waals surface area contributed by atoms with E-state index in [0.717, 1.165) is 11.1 Å². The van der Waals surface area contributed by atoms with Gasteiger partial charge in [0.15, 0.2) is 0 Å². The van der Waals surface area contributed by atoms with Gasteiger partial charge in [0.1, 0.15) is 0 Å². The van der Waals surface area contributed by atoms with Crippen LogP contribution in [0.25, 0.3) is 0 Å². The second kappa shape index (κ2) is 8.69. The van der Waals surface area contributed by atoms with Crippen molar-refractivity contribution in [2.24, 2.45) is 5.92 Å². The van der Waals surface area contributed by atoms with Gasteiger partial charge in [-0.25, -0.2) is 8.42 Å². The van der Waals surface area contributed by atoms with E-state index in [1.165, 1.54) is 4.31 Å². The number of aryl methyl sites for hydroxylation is 1. The molecule has 0 aromatic heterocycles. The molecule has 5 nitrogen and oxygen atoms in total. The Morgan fingerprint density at radius 2 is 1.67 bits per heavy atom. The molecule has 0 radical (unpaired) electrons. The Kier molecular flexibility index (Phi) is 6.60. The fourth-order valence-corrected chi connectivity index (χ4v) is 5.34. The number of hydrogen-bond donors (Lipinski definition) is 1. The van der Waals surface area contributed by atoms with Gasteiger partial charge in [-0.2, -0.15) is 4.31 Å². The number of carbonyl (C=O) groups excluding carboxylic acids is 1. The van der Waals surface area contributed by atoms with Crippen molar-refractivity contribution in [2.45, 2.75) is 50.8 Å². The lowest BCUT2D eigenvalue weighted by atomic mass is 9.87. The van der Waals surface area contributed by atoms with E-state index in [0.29, 0.717) is 41.5 Å². The highest BCUT2D eigenvalue weighted by molar-refractivity contribution is 7.89. The first-order valence-corrected chi connectivity index (χ1v) is 12.0. The van der Waals surface area contributed by atoms with Crippen LogP contribution in [0.5, 0.6) is 0 Å². The molecule has 1 aliphatic rings. The highest BCUT2D eigenvalue weighted by atomic mass is 35.5. The van der Waals surface area contributed by atoms with Crippen LogP contribution >= 0.6 is 11.6 Å². The van der Waals surface area contributed by atoms with Crippen molar-refractivity contribution in [1.82, 2.24) is 4.31 Å². The molecule has 2 aromatic rings. The van der Waals surface area contributed by atoms with Crippen molar-refractivity contribution in [1.29, 1.82) is 0 Å². The smallest absolute Gasteiger partial charge is 0.243 e. The topological polar surface area (TPSA) is 66.5 Å². The molecule has 3 rings (SSSR count).